The van der Waals surface area contributed by atoms with Crippen molar-refractivity contribution in [3.05, 3.63) is 17.0 Å². The van der Waals surface area contributed by atoms with E-state index in [1.807, 2.05) is 18.7 Å². The molecule has 0 aromatic carbocycles. The Balaban J connectivity index is 1.61. The molecule has 1 amide bonds. The van der Waals surface area contributed by atoms with Gasteiger partial charge >= 0.3 is 0 Å². The molecule has 6 nitrogen and oxygen atoms in total. The number of ether oxygens (including phenoxy) is 1. The molecule has 2 aliphatic rings. The third-order valence-electron chi connectivity index (χ3n) is 5.82. The maximum Gasteiger partial charge on any atom is 0.239 e. The number of morpholine rings is 1. The molecule has 2 atom stereocenters. The lowest BCUT2D eigenvalue weighted by Gasteiger charge is -2.39. The third-order valence-corrected chi connectivity index (χ3v) is 5.82. The van der Waals surface area contributed by atoms with E-state index in [0.29, 0.717) is 12.6 Å². The van der Waals surface area contributed by atoms with E-state index >= 15 is 0 Å². The molecule has 1 saturated heterocycles. The summed E-state index contributed by atoms with van der Waals surface area (Å²) in [7, 11) is 1.97. The zero-order valence-electron chi connectivity index (χ0n) is 16.0. The molecule has 1 saturated carbocycles. The summed E-state index contributed by atoms with van der Waals surface area (Å²) in [5.41, 5.74) is 3.46. The standard InChI is InChI=1S/C19H32N4O2/c1-13(11-17-14(2)21-22(4)15(17)3)20-19(24)18-12-25-10-9-23(18)16-7-5-6-8-16/h13,16,18H,5-12H2,1-4H3,(H,20,24). The van der Waals surface area contributed by atoms with Crippen LogP contribution in [0.25, 0.3) is 0 Å². The quantitative estimate of drug-likeness (QED) is 0.880. The fraction of sp³-hybridized carbons (Fsp3) is 0.789. The molecule has 1 N–H and O–H groups in total. The molecular weight excluding hydrogens is 316 g/mol. The van der Waals surface area contributed by atoms with Crippen molar-refractivity contribution in [2.75, 3.05) is 19.8 Å². The van der Waals surface area contributed by atoms with Gasteiger partial charge in [0.05, 0.1) is 18.9 Å². The first-order valence-corrected chi connectivity index (χ1v) is 9.60. The molecule has 25 heavy (non-hydrogen) atoms. The summed E-state index contributed by atoms with van der Waals surface area (Å²) in [6.45, 7) is 8.32. The van der Waals surface area contributed by atoms with Crippen molar-refractivity contribution in [3.8, 4) is 0 Å². The van der Waals surface area contributed by atoms with Crippen LogP contribution in [0, 0.1) is 13.8 Å². The van der Waals surface area contributed by atoms with Gasteiger partial charge in [0.15, 0.2) is 0 Å². The number of carbonyl (C=O) groups excluding carboxylic acids is 1. The van der Waals surface area contributed by atoms with E-state index in [-0.39, 0.29) is 18.0 Å². The highest BCUT2D eigenvalue weighted by molar-refractivity contribution is 5.82. The topological polar surface area (TPSA) is 59.4 Å². The van der Waals surface area contributed by atoms with Crippen LogP contribution in [0.1, 0.15) is 49.6 Å². The van der Waals surface area contributed by atoms with Crippen molar-refractivity contribution < 1.29 is 9.53 Å². The van der Waals surface area contributed by atoms with Crippen molar-refractivity contribution in [2.45, 2.75) is 71.0 Å². The van der Waals surface area contributed by atoms with Crippen LogP contribution in [0.4, 0.5) is 0 Å². The molecule has 2 unspecified atom stereocenters. The van der Waals surface area contributed by atoms with Crippen molar-refractivity contribution in [1.82, 2.24) is 20.0 Å². The molecule has 0 radical (unpaired) electrons. The first-order chi connectivity index (χ1) is 12.0. The lowest BCUT2D eigenvalue weighted by molar-refractivity contribution is -0.135. The molecule has 1 aliphatic heterocycles. The van der Waals surface area contributed by atoms with E-state index in [4.69, 9.17) is 4.74 Å². The van der Waals surface area contributed by atoms with Gasteiger partial charge in [-0.1, -0.05) is 12.8 Å². The Labute approximate surface area is 150 Å². The maximum absolute atomic E-state index is 12.9. The average molecular weight is 348 g/mol. The summed E-state index contributed by atoms with van der Waals surface area (Å²) in [4.78, 5) is 15.3. The zero-order chi connectivity index (χ0) is 18.0. The number of carbonyl (C=O) groups is 1. The van der Waals surface area contributed by atoms with E-state index in [2.05, 4.69) is 29.2 Å². The van der Waals surface area contributed by atoms with E-state index in [1.165, 1.54) is 36.9 Å². The Morgan fingerprint density at radius 2 is 2.08 bits per heavy atom. The zero-order valence-corrected chi connectivity index (χ0v) is 16.0. The van der Waals surface area contributed by atoms with E-state index in [0.717, 1.165) is 25.3 Å². The summed E-state index contributed by atoms with van der Waals surface area (Å²) >= 11 is 0. The summed E-state index contributed by atoms with van der Waals surface area (Å²) in [6.07, 6.45) is 5.81. The van der Waals surface area contributed by atoms with Gasteiger partial charge in [-0.05, 0) is 45.6 Å². The van der Waals surface area contributed by atoms with E-state index in [9.17, 15) is 4.79 Å². The number of nitrogens with zero attached hydrogens (tertiary/aromatic N) is 3. The van der Waals surface area contributed by atoms with Crippen LogP contribution < -0.4 is 5.32 Å². The summed E-state index contributed by atoms with van der Waals surface area (Å²) in [5, 5.41) is 7.69. The average Bonchev–Trinajstić information content (AvgIpc) is 3.20. The van der Waals surface area contributed by atoms with E-state index in [1.54, 1.807) is 0 Å². The van der Waals surface area contributed by atoms with Gasteiger partial charge in [0.25, 0.3) is 0 Å². The molecule has 0 spiro atoms. The highest BCUT2D eigenvalue weighted by atomic mass is 16.5. The first kappa shape index (κ1) is 18.4. The van der Waals surface area contributed by atoms with Crippen molar-refractivity contribution in [3.63, 3.8) is 0 Å². The second-order valence-electron chi connectivity index (χ2n) is 7.65. The molecule has 6 heteroatoms. The smallest absolute Gasteiger partial charge is 0.239 e. The molecule has 1 aliphatic carbocycles. The van der Waals surface area contributed by atoms with Crippen molar-refractivity contribution in [2.24, 2.45) is 7.05 Å². The number of aryl methyl sites for hydroxylation is 2. The minimum absolute atomic E-state index is 0.0847. The number of aromatic nitrogens is 2. The number of hydrogen-bond acceptors (Lipinski definition) is 4. The Bertz CT molecular complexity index is 607. The number of amides is 1. The van der Waals surface area contributed by atoms with Gasteiger partial charge in [0, 0.05) is 31.4 Å². The second kappa shape index (κ2) is 7.87. The Hall–Kier alpha value is -1.40. The molecule has 2 heterocycles. The molecule has 1 aromatic heterocycles. The fourth-order valence-corrected chi connectivity index (χ4v) is 4.32. The lowest BCUT2D eigenvalue weighted by Crippen LogP contribution is -2.57. The maximum atomic E-state index is 12.9. The normalized spacial score (nSPS) is 23.8. The number of rotatable bonds is 5. The number of hydrogen-bond donors (Lipinski definition) is 1. The van der Waals surface area contributed by atoms with Crippen molar-refractivity contribution in [1.29, 1.82) is 0 Å². The van der Waals surface area contributed by atoms with Crippen LogP contribution in [0.5, 0.6) is 0 Å². The molecular formula is C19H32N4O2. The summed E-state index contributed by atoms with van der Waals surface area (Å²) in [6, 6.07) is 0.495. The largest absolute Gasteiger partial charge is 0.378 e. The monoisotopic (exact) mass is 348 g/mol. The second-order valence-corrected chi connectivity index (χ2v) is 7.65. The predicted octanol–water partition coefficient (Wildman–Crippen LogP) is 1.73. The van der Waals surface area contributed by atoms with Gasteiger partial charge in [-0.15, -0.1) is 0 Å². The highest BCUT2D eigenvalue weighted by Gasteiger charge is 2.35. The van der Waals surface area contributed by atoms with Gasteiger partial charge in [0.2, 0.25) is 5.91 Å². The molecule has 0 bridgehead atoms. The minimum atomic E-state index is -0.143. The predicted molar refractivity (Wildman–Crippen MR) is 97.6 cm³/mol. The minimum Gasteiger partial charge on any atom is -0.378 e. The first-order valence-electron chi connectivity index (χ1n) is 9.60. The van der Waals surface area contributed by atoms with Gasteiger partial charge in [-0.25, -0.2) is 0 Å². The van der Waals surface area contributed by atoms with Crippen LogP contribution >= 0.6 is 0 Å². The molecule has 1 aromatic rings. The SMILES string of the molecule is Cc1nn(C)c(C)c1CC(C)NC(=O)C1COCCN1C1CCCC1. The van der Waals surface area contributed by atoms with Crippen LogP contribution in [0.15, 0.2) is 0 Å². The van der Waals surface area contributed by atoms with Gasteiger partial charge in [0.1, 0.15) is 6.04 Å². The van der Waals surface area contributed by atoms with Crippen LogP contribution in [-0.2, 0) is 23.0 Å². The van der Waals surface area contributed by atoms with Crippen LogP contribution in [0.3, 0.4) is 0 Å². The summed E-state index contributed by atoms with van der Waals surface area (Å²) in [5.74, 6) is 0.110. The van der Waals surface area contributed by atoms with E-state index < -0.39 is 0 Å². The molecule has 3 rings (SSSR count). The lowest BCUT2D eigenvalue weighted by atomic mass is 10.0. The fourth-order valence-electron chi connectivity index (χ4n) is 4.32. The molecule has 140 valence electrons. The number of nitrogens with one attached hydrogen (secondary N) is 1. The van der Waals surface area contributed by atoms with Gasteiger partial charge < -0.3 is 10.1 Å². The highest BCUT2D eigenvalue weighted by Crippen LogP contribution is 2.26. The Morgan fingerprint density at radius 3 is 2.72 bits per heavy atom. The third kappa shape index (κ3) is 4.06. The van der Waals surface area contributed by atoms with Crippen LogP contribution in [0.2, 0.25) is 0 Å². The van der Waals surface area contributed by atoms with Crippen LogP contribution in [-0.4, -0.2) is 58.5 Å². The van der Waals surface area contributed by atoms with Crippen molar-refractivity contribution >= 4 is 5.91 Å². The molecule has 2 fully saturated rings. The Morgan fingerprint density at radius 1 is 1.36 bits per heavy atom. The Kier molecular flexibility index (Phi) is 5.79. The summed E-state index contributed by atoms with van der Waals surface area (Å²) < 4.78 is 7.53. The van der Waals surface area contributed by atoms with Gasteiger partial charge in [-0.2, -0.15) is 5.10 Å². The van der Waals surface area contributed by atoms with Gasteiger partial charge in [-0.3, -0.25) is 14.4 Å².